The van der Waals surface area contributed by atoms with Gasteiger partial charge in [-0.05, 0) is 56.5 Å². The summed E-state index contributed by atoms with van der Waals surface area (Å²) in [6, 6.07) is 6.06. The summed E-state index contributed by atoms with van der Waals surface area (Å²) in [6.45, 7) is 8.33. The molecule has 0 spiro atoms. The molecule has 0 saturated carbocycles. The van der Waals surface area contributed by atoms with E-state index in [0.29, 0.717) is 4.99 Å². The Morgan fingerprint density at radius 2 is 2.00 bits per heavy atom. The number of rotatable bonds is 3. The van der Waals surface area contributed by atoms with Gasteiger partial charge >= 0.3 is 0 Å². The van der Waals surface area contributed by atoms with Crippen molar-refractivity contribution >= 4 is 17.2 Å². The second-order valence-corrected chi connectivity index (χ2v) is 5.22. The van der Waals surface area contributed by atoms with E-state index >= 15 is 0 Å². The van der Waals surface area contributed by atoms with E-state index in [2.05, 4.69) is 31.9 Å². The number of hydrogen-bond donors (Lipinski definition) is 1. The molecule has 0 amide bonds. The van der Waals surface area contributed by atoms with Crippen LogP contribution < -0.4 is 5.73 Å². The maximum Gasteiger partial charge on any atom is 0.104 e. The van der Waals surface area contributed by atoms with Crippen molar-refractivity contribution in [2.45, 2.75) is 34.1 Å². The average molecular weight is 273 g/mol. The van der Waals surface area contributed by atoms with Gasteiger partial charge in [0.2, 0.25) is 0 Å². The summed E-state index contributed by atoms with van der Waals surface area (Å²) in [7, 11) is 0. The predicted molar refractivity (Wildman–Crippen MR) is 83.0 cm³/mol. The van der Waals surface area contributed by atoms with Crippen LogP contribution in [0.4, 0.5) is 0 Å². The van der Waals surface area contributed by atoms with Crippen molar-refractivity contribution in [1.82, 2.24) is 9.78 Å². The fraction of sp³-hybridized carbons (Fsp3) is 0.333. The van der Waals surface area contributed by atoms with Gasteiger partial charge in [0.1, 0.15) is 4.99 Å². The fourth-order valence-electron chi connectivity index (χ4n) is 2.49. The quantitative estimate of drug-likeness (QED) is 0.874. The van der Waals surface area contributed by atoms with Crippen LogP contribution in [0.1, 0.15) is 35.0 Å². The number of nitrogens with zero attached hydrogens (tertiary/aromatic N) is 2. The van der Waals surface area contributed by atoms with E-state index < -0.39 is 0 Å². The van der Waals surface area contributed by atoms with Crippen LogP contribution >= 0.6 is 12.2 Å². The Bertz CT molecular complexity index is 641. The lowest BCUT2D eigenvalue weighted by Crippen LogP contribution is -2.11. The molecule has 1 aromatic heterocycles. The Labute approximate surface area is 119 Å². The van der Waals surface area contributed by atoms with Crippen molar-refractivity contribution in [3.63, 3.8) is 0 Å². The van der Waals surface area contributed by atoms with E-state index in [1.165, 1.54) is 11.3 Å². The third kappa shape index (κ3) is 2.40. The molecule has 2 N–H and O–H groups in total. The monoisotopic (exact) mass is 273 g/mol. The summed E-state index contributed by atoms with van der Waals surface area (Å²) in [6.07, 6.45) is 1.00. The van der Waals surface area contributed by atoms with Gasteiger partial charge in [0.25, 0.3) is 0 Å². The molecule has 0 saturated heterocycles. The number of benzene rings is 1. The molecule has 3 nitrogen and oxygen atoms in total. The second kappa shape index (κ2) is 5.13. The van der Waals surface area contributed by atoms with Gasteiger partial charge in [-0.15, -0.1) is 0 Å². The first-order valence-electron chi connectivity index (χ1n) is 6.41. The molecule has 1 aromatic carbocycles. The van der Waals surface area contributed by atoms with Crippen LogP contribution in [-0.2, 0) is 6.42 Å². The van der Waals surface area contributed by atoms with Crippen LogP contribution in [0.2, 0.25) is 0 Å². The van der Waals surface area contributed by atoms with Gasteiger partial charge in [-0.2, -0.15) is 5.10 Å². The van der Waals surface area contributed by atoms with E-state index in [1.807, 2.05) is 23.7 Å². The Balaban J connectivity index is 2.54. The lowest BCUT2D eigenvalue weighted by Gasteiger charge is -2.09. The van der Waals surface area contributed by atoms with Crippen LogP contribution in [0, 0.1) is 20.8 Å². The highest BCUT2D eigenvalue weighted by Gasteiger charge is 2.12. The van der Waals surface area contributed by atoms with Gasteiger partial charge in [-0.3, -0.25) is 0 Å². The SMILES string of the molecule is CCc1c(C)nn(-c2ccc(C(N)=S)c(C)c2)c1C. The highest BCUT2D eigenvalue weighted by molar-refractivity contribution is 7.80. The maximum atomic E-state index is 5.69. The van der Waals surface area contributed by atoms with Crippen molar-refractivity contribution in [3.8, 4) is 5.69 Å². The van der Waals surface area contributed by atoms with E-state index in [9.17, 15) is 0 Å². The molecule has 0 aliphatic carbocycles. The summed E-state index contributed by atoms with van der Waals surface area (Å²) in [5, 5.41) is 4.62. The van der Waals surface area contributed by atoms with E-state index in [0.717, 1.165) is 28.9 Å². The Morgan fingerprint density at radius 3 is 2.47 bits per heavy atom. The smallest absolute Gasteiger partial charge is 0.104 e. The van der Waals surface area contributed by atoms with Crippen molar-refractivity contribution in [2.75, 3.05) is 0 Å². The molecule has 0 atom stereocenters. The van der Waals surface area contributed by atoms with Crippen molar-refractivity contribution < 1.29 is 0 Å². The first kappa shape index (κ1) is 13.7. The molecule has 2 aromatic rings. The molecule has 0 bridgehead atoms. The highest BCUT2D eigenvalue weighted by atomic mass is 32.1. The maximum absolute atomic E-state index is 5.69. The van der Waals surface area contributed by atoms with E-state index in [1.54, 1.807) is 0 Å². The summed E-state index contributed by atoms with van der Waals surface area (Å²) in [5.74, 6) is 0. The van der Waals surface area contributed by atoms with Gasteiger partial charge in [-0.1, -0.05) is 19.1 Å². The highest BCUT2D eigenvalue weighted by Crippen LogP contribution is 2.20. The predicted octanol–water partition coefficient (Wildman–Crippen LogP) is 2.99. The van der Waals surface area contributed by atoms with Crippen molar-refractivity contribution in [1.29, 1.82) is 0 Å². The molecule has 0 fully saturated rings. The molecule has 100 valence electrons. The van der Waals surface area contributed by atoms with Crippen LogP contribution in [0.25, 0.3) is 5.69 Å². The summed E-state index contributed by atoms with van der Waals surface area (Å²) in [4.78, 5) is 0.437. The molecule has 19 heavy (non-hydrogen) atoms. The third-order valence-corrected chi connectivity index (χ3v) is 3.73. The molecular formula is C15H19N3S. The minimum absolute atomic E-state index is 0.437. The second-order valence-electron chi connectivity index (χ2n) is 4.78. The van der Waals surface area contributed by atoms with Gasteiger partial charge < -0.3 is 5.73 Å². The molecule has 0 unspecified atom stereocenters. The zero-order chi connectivity index (χ0) is 14.2. The number of aromatic nitrogens is 2. The normalized spacial score (nSPS) is 10.7. The topological polar surface area (TPSA) is 43.8 Å². The summed E-state index contributed by atoms with van der Waals surface area (Å²) >= 11 is 5.03. The van der Waals surface area contributed by atoms with Gasteiger partial charge in [0.05, 0.1) is 11.4 Å². The zero-order valence-corrected chi connectivity index (χ0v) is 12.6. The Kier molecular flexibility index (Phi) is 3.71. The minimum atomic E-state index is 0.437. The molecule has 1 heterocycles. The molecule has 4 heteroatoms. The van der Waals surface area contributed by atoms with Crippen molar-refractivity contribution in [3.05, 3.63) is 46.3 Å². The van der Waals surface area contributed by atoms with Crippen LogP contribution in [0.15, 0.2) is 18.2 Å². The number of hydrogen-bond acceptors (Lipinski definition) is 2. The van der Waals surface area contributed by atoms with Crippen molar-refractivity contribution in [2.24, 2.45) is 5.73 Å². The molecule has 2 rings (SSSR count). The summed E-state index contributed by atoms with van der Waals surface area (Å²) in [5.41, 5.74) is 12.4. The van der Waals surface area contributed by atoms with E-state index in [-0.39, 0.29) is 0 Å². The number of thiocarbonyl (C=S) groups is 1. The standard InChI is InChI=1S/C15H19N3S/c1-5-13-10(3)17-18(11(13)4)12-6-7-14(15(16)19)9(2)8-12/h6-8H,5H2,1-4H3,(H2,16,19). The Morgan fingerprint density at radius 1 is 1.32 bits per heavy atom. The number of aryl methyl sites for hydroxylation is 2. The minimum Gasteiger partial charge on any atom is -0.389 e. The van der Waals surface area contributed by atoms with Crippen LogP contribution in [-0.4, -0.2) is 14.8 Å². The van der Waals surface area contributed by atoms with Crippen LogP contribution in [0.3, 0.4) is 0 Å². The molecule has 0 aliphatic heterocycles. The van der Waals surface area contributed by atoms with Gasteiger partial charge in [-0.25, -0.2) is 4.68 Å². The first-order valence-corrected chi connectivity index (χ1v) is 6.82. The fourth-order valence-corrected chi connectivity index (χ4v) is 2.72. The van der Waals surface area contributed by atoms with Crippen LogP contribution in [0.5, 0.6) is 0 Å². The lowest BCUT2D eigenvalue weighted by molar-refractivity contribution is 0.831. The number of nitrogens with two attached hydrogens (primary N) is 1. The van der Waals surface area contributed by atoms with Gasteiger partial charge in [0, 0.05) is 11.3 Å². The van der Waals surface area contributed by atoms with E-state index in [4.69, 9.17) is 18.0 Å². The van der Waals surface area contributed by atoms with Gasteiger partial charge in [0.15, 0.2) is 0 Å². The lowest BCUT2D eigenvalue weighted by atomic mass is 10.1. The Hall–Kier alpha value is -1.68. The molecular weight excluding hydrogens is 254 g/mol. The first-order chi connectivity index (χ1) is 8.95. The average Bonchev–Trinajstić information content (AvgIpc) is 2.63. The molecule has 0 aliphatic rings. The summed E-state index contributed by atoms with van der Waals surface area (Å²) < 4.78 is 1.99. The third-order valence-electron chi connectivity index (χ3n) is 3.51. The largest absolute Gasteiger partial charge is 0.389 e. The molecule has 0 radical (unpaired) electrons. The zero-order valence-electron chi connectivity index (χ0n) is 11.8.